The maximum absolute atomic E-state index is 13.9. The second-order valence-corrected chi connectivity index (χ2v) is 11.5. The van der Waals surface area contributed by atoms with Crippen LogP contribution in [0.3, 0.4) is 0 Å². The van der Waals surface area contributed by atoms with Crippen molar-refractivity contribution in [1.82, 2.24) is 20.4 Å². The maximum atomic E-state index is 13.9. The van der Waals surface area contributed by atoms with Crippen LogP contribution < -0.4 is 10.6 Å². The third-order valence-corrected chi connectivity index (χ3v) is 7.38. The van der Waals surface area contributed by atoms with Gasteiger partial charge in [0, 0.05) is 31.2 Å². The minimum Gasteiger partial charge on any atom is -0.342 e. The number of carbonyl (C=O) groups is 3. The Bertz CT molecular complexity index is 1100. The highest BCUT2D eigenvalue weighted by Gasteiger charge is 2.40. The molecule has 1 aliphatic heterocycles. The fourth-order valence-corrected chi connectivity index (χ4v) is 4.93. The van der Waals surface area contributed by atoms with E-state index in [-0.39, 0.29) is 23.8 Å². The molecule has 38 heavy (non-hydrogen) atoms. The number of nitrogens with one attached hydrogen (secondary N) is 2. The number of nitrogens with zero attached hydrogens (tertiary/aromatic N) is 2. The number of hydrogen-bond acceptors (Lipinski definition) is 4. The van der Waals surface area contributed by atoms with E-state index >= 15 is 0 Å². The number of carbonyl (C=O) groups excluding carboxylic acids is 3. The zero-order chi connectivity index (χ0) is 27.9. The normalized spacial score (nSPS) is 17.1. The smallest absolute Gasteiger partial charge is 0.253 e. The Hall–Kier alpha value is -3.19. The molecule has 0 radical (unpaired) electrons. The molecule has 1 saturated heterocycles. The van der Waals surface area contributed by atoms with Gasteiger partial charge in [-0.25, -0.2) is 0 Å². The number of likely N-dealkylation sites (N-methyl/N-ethyl adjacent to an activating group) is 1. The quantitative estimate of drug-likeness (QED) is 0.499. The first-order chi connectivity index (χ1) is 18.0. The van der Waals surface area contributed by atoms with Crippen molar-refractivity contribution in [2.75, 3.05) is 26.7 Å². The summed E-state index contributed by atoms with van der Waals surface area (Å²) < 4.78 is 0. The lowest BCUT2D eigenvalue weighted by Crippen LogP contribution is -2.59. The number of hydrogen-bond donors (Lipinski definition) is 2. The van der Waals surface area contributed by atoms with E-state index in [1.54, 1.807) is 14.0 Å². The van der Waals surface area contributed by atoms with Crippen molar-refractivity contribution < 1.29 is 14.4 Å². The number of aryl methyl sites for hydroxylation is 1. The lowest BCUT2D eigenvalue weighted by Gasteiger charge is -2.37. The predicted octanol–water partition coefficient (Wildman–Crippen LogP) is 3.81. The summed E-state index contributed by atoms with van der Waals surface area (Å²) in [6.45, 7) is 11.3. The molecule has 3 rings (SSSR count). The third-order valence-electron chi connectivity index (χ3n) is 7.38. The van der Waals surface area contributed by atoms with Gasteiger partial charge in [0.2, 0.25) is 11.8 Å². The molecule has 206 valence electrons. The van der Waals surface area contributed by atoms with Crippen LogP contribution in [-0.4, -0.2) is 72.3 Å². The summed E-state index contributed by atoms with van der Waals surface area (Å²) in [5.74, 6) is -0.300. The van der Waals surface area contributed by atoms with Gasteiger partial charge in [-0.2, -0.15) is 0 Å². The Balaban J connectivity index is 1.82. The van der Waals surface area contributed by atoms with Crippen molar-refractivity contribution in [3.05, 3.63) is 71.3 Å². The van der Waals surface area contributed by atoms with Crippen LogP contribution in [0.25, 0.3) is 0 Å². The molecular weight excluding hydrogens is 476 g/mol. The maximum Gasteiger partial charge on any atom is 0.253 e. The Morgan fingerprint density at radius 1 is 1.08 bits per heavy atom. The highest BCUT2D eigenvalue weighted by atomic mass is 16.2. The van der Waals surface area contributed by atoms with E-state index in [1.807, 2.05) is 80.0 Å². The largest absolute Gasteiger partial charge is 0.342 e. The number of benzene rings is 2. The molecule has 0 spiro atoms. The van der Waals surface area contributed by atoms with E-state index in [2.05, 4.69) is 22.8 Å². The van der Waals surface area contributed by atoms with Crippen molar-refractivity contribution in [2.45, 2.75) is 72.0 Å². The monoisotopic (exact) mass is 520 g/mol. The van der Waals surface area contributed by atoms with Crippen LogP contribution in [0.5, 0.6) is 0 Å². The Kier molecular flexibility index (Phi) is 10.1. The summed E-state index contributed by atoms with van der Waals surface area (Å²) in [4.78, 5) is 44.1. The van der Waals surface area contributed by atoms with Gasteiger partial charge in [-0.3, -0.25) is 14.4 Å². The standard InChI is InChI=1S/C31H44N4O3/c1-22-12-10-15-25(20-22)29(37)34(19-17-24-13-8-7-9-14-24)21-26-16-11-18-35(26)30(38)27(31(3,4)5)33-28(36)23(2)32-6/h7-10,12-15,20,23,26-27,32H,11,16-19,21H2,1-6H3,(H,33,36)/t23-,26-,27+/m0/s1. The van der Waals surface area contributed by atoms with Gasteiger partial charge in [-0.05, 0) is 63.3 Å². The summed E-state index contributed by atoms with van der Waals surface area (Å²) in [7, 11) is 1.73. The fraction of sp³-hybridized carbons (Fsp3) is 0.516. The van der Waals surface area contributed by atoms with Gasteiger partial charge in [0.1, 0.15) is 6.04 Å². The molecule has 1 fully saturated rings. The second-order valence-electron chi connectivity index (χ2n) is 11.5. The first-order valence-electron chi connectivity index (χ1n) is 13.7. The van der Waals surface area contributed by atoms with Gasteiger partial charge in [0.05, 0.1) is 6.04 Å². The number of rotatable bonds is 10. The molecule has 1 aliphatic rings. The Morgan fingerprint density at radius 2 is 1.79 bits per heavy atom. The number of amides is 3. The first-order valence-corrected chi connectivity index (χ1v) is 13.7. The summed E-state index contributed by atoms with van der Waals surface area (Å²) in [5, 5.41) is 5.93. The van der Waals surface area contributed by atoms with Crippen LogP contribution in [0.15, 0.2) is 54.6 Å². The zero-order valence-electron chi connectivity index (χ0n) is 23.8. The first kappa shape index (κ1) is 29.4. The average Bonchev–Trinajstić information content (AvgIpc) is 3.36. The van der Waals surface area contributed by atoms with Crippen molar-refractivity contribution >= 4 is 17.7 Å². The van der Waals surface area contributed by atoms with Crippen molar-refractivity contribution in [1.29, 1.82) is 0 Å². The zero-order valence-corrected chi connectivity index (χ0v) is 23.8. The Morgan fingerprint density at radius 3 is 2.42 bits per heavy atom. The molecule has 0 bridgehead atoms. The fourth-order valence-electron chi connectivity index (χ4n) is 4.93. The van der Waals surface area contributed by atoms with Gasteiger partial charge in [-0.1, -0.05) is 68.8 Å². The van der Waals surface area contributed by atoms with E-state index < -0.39 is 17.5 Å². The minimum absolute atomic E-state index is 0.0209. The Labute approximate surface area is 228 Å². The summed E-state index contributed by atoms with van der Waals surface area (Å²) >= 11 is 0. The molecular formula is C31H44N4O3. The lowest BCUT2D eigenvalue weighted by molar-refractivity contribution is -0.140. The van der Waals surface area contributed by atoms with Crippen molar-refractivity contribution in [2.24, 2.45) is 5.41 Å². The molecule has 3 amide bonds. The lowest BCUT2D eigenvalue weighted by atomic mass is 9.85. The molecule has 0 saturated carbocycles. The minimum atomic E-state index is -0.656. The summed E-state index contributed by atoms with van der Waals surface area (Å²) in [6.07, 6.45) is 2.44. The van der Waals surface area contributed by atoms with Crippen LogP contribution in [0.1, 0.15) is 62.0 Å². The van der Waals surface area contributed by atoms with Crippen LogP contribution in [0, 0.1) is 12.3 Å². The van der Waals surface area contributed by atoms with E-state index in [0.29, 0.717) is 25.2 Å². The van der Waals surface area contributed by atoms with Crippen LogP contribution in [0.4, 0.5) is 0 Å². The average molecular weight is 521 g/mol. The highest BCUT2D eigenvalue weighted by molar-refractivity contribution is 5.94. The summed E-state index contributed by atoms with van der Waals surface area (Å²) in [6, 6.07) is 16.7. The van der Waals surface area contributed by atoms with Gasteiger partial charge >= 0.3 is 0 Å². The van der Waals surface area contributed by atoms with Crippen molar-refractivity contribution in [3.63, 3.8) is 0 Å². The van der Waals surface area contributed by atoms with E-state index in [4.69, 9.17) is 0 Å². The molecule has 1 heterocycles. The van der Waals surface area contributed by atoms with E-state index in [0.717, 1.165) is 24.8 Å². The molecule has 2 N–H and O–H groups in total. The molecule has 0 aliphatic carbocycles. The second kappa shape index (κ2) is 13.1. The molecule has 0 unspecified atom stereocenters. The number of likely N-dealkylation sites (tertiary alicyclic amines) is 1. The highest BCUT2D eigenvalue weighted by Crippen LogP contribution is 2.27. The van der Waals surface area contributed by atoms with Gasteiger partial charge in [-0.15, -0.1) is 0 Å². The molecule has 7 nitrogen and oxygen atoms in total. The third kappa shape index (κ3) is 7.67. The van der Waals surface area contributed by atoms with Gasteiger partial charge in [0.25, 0.3) is 5.91 Å². The van der Waals surface area contributed by atoms with Crippen LogP contribution >= 0.6 is 0 Å². The molecule has 2 aromatic carbocycles. The van der Waals surface area contributed by atoms with E-state index in [9.17, 15) is 14.4 Å². The molecule has 2 aromatic rings. The SMILES string of the molecule is CN[C@@H](C)C(=O)N[C@H](C(=O)N1CCC[C@H]1CN(CCc1ccccc1)C(=O)c1cccc(C)c1)C(C)(C)C. The van der Waals surface area contributed by atoms with Gasteiger partial charge < -0.3 is 20.4 Å². The summed E-state index contributed by atoms with van der Waals surface area (Å²) in [5.41, 5.74) is 2.41. The predicted molar refractivity (Wildman–Crippen MR) is 152 cm³/mol. The van der Waals surface area contributed by atoms with Gasteiger partial charge in [0.15, 0.2) is 0 Å². The molecule has 0 aromatic heterocycles. The van der Waals surface area contributed by atoms with Crippen molar-refractivity contribution in [3.8, 4) is 0 Å². The van der Waals surface area contributed by atoms with Crippen LogP contribution in [0.2, 0.25) is 0 Å². The topological polar surface area (TPSA) is 81.8 Å². The molecule has 7 heteroatoms. The van der Waals surface area contributed by atoms with E-state index in [1.165, 1.54) is 5.56 Å². The van der Waals surface area contributed by atoms with Crippen LogP contribution in [-0.2, 0) is 16.0 Å². The molecule has 3 atom stereocenters.